The fraction of sp³-hybridized carbons (Fsp3) is 0.500. The topological polar surface area (TPSA) is 63.7 Å². The van der Waals surface area contributed by atoms with Crippen LogP contribution in [0.2, 0.25) is 0 Å². The number of carbonyl (C=O) groups excluding carboxylic acids is 1. The fourth-order valence-corrected chi connectivity index (χ4v) is 4.10. The molecule has 8 heteroatoms. The highest BCUT2D eigenvalue weighted by Crippen LogP contribution is 2.27. The number of benzene rings is 1. The molecule has 0 aliphatic carbocycles. The standard InChI is InChI=1S/C14H17F2NO4S/c1-2-21-14(18)10-5-4-8-17(9-10)22(19,20)13-11(15)6-3-7-12(13)16/h3,6-7,10H,2,4-5,8-9H2,1H3/t10-/m0/s1. The molecule has 0 radical (unpaired) electrons. The summed E-state index contributed by atoms with van der Waals surface area (Å²) < 4.78 is 58.2. The summed E-state index contributed by atoms with van der Waals surface area (Å²) in [5.41, 5.74) is 0. The van der Waals surface area contributed by atoms with E-state index in [-0.39, 0.29) is 19.7 Å². The lowest BCUT2D eigenvalue weighted by Gasteiger charge is -2.30. The molecule has 0 N–H and O–H groups in total. The lowest BCUT2D eigenvalue weighted by atomic mass is 10.0. The van der Waals surface area contributed by atoms with Gasteiger partial charge in [0.15, 0.2) is 4.90 Å². The molecule has 1 aliphatic rings. The number of piperidine rings is 1. The number of halogens is 2. The van der Waals surface area contributed by atoms with Crippen LogP contribution in [-0.2, 0) is 19.6 Å². The maximum absolute atomic E-state index is 13.7. The highest BCUT2D eigenvalue weighted by Gasteiger charge is 2.36. The van der Waals surface area contributed by atoms with Gasteiger partial charge in [-0.25, -0.2) is 17.2 Å². The lowest BCUT2D eigenvalue weighted by Crippen LogP contribution is -2.43. The molecule has 5 nitrogen and oxygen atoms in total. The molecule has 122 valence electrons. The summed E-state index contributed by atoms with van der Waals surface area (Å²) in [7, 11) is -4.33. The predicted octanol–water partition coefficient (Wildman–Crippen LogP) is 1.93. The van der Waals surface area contributed by atoms with Gasteiger partial charge in [-0.15, -0.1) is 0 Å². The second kappa shape index (κ2) is 6.70. The summed E-state index contributed by atoms with van der Waals surface area (Å²) in [6.45, 7) is 1.84. The van der Waals surface area contributed by atoms with E-state index in [4.69, 9.17) is 4.74 Å². The Hall–Kier alpha value is -1.54. The number of hydrogen-bond acceptors (Lipinski definition) is 4. The molecule has 2 rings (SSSR count). The van der Waals surface area contributed by atoms with Crippen molar-refractivity contribution in [2.24, 2.45) is 5.92 Å². The van der Waals surface area contributed by atoms with Crippen molar-refractivity contribution in [3.63, 3.8) is 0 Å². The van der Waals surface area contributed by atoms with Gasteiger partial charge in [0.2, 0.25) is 10.0 Å². The molecule has 1 aliphatic heterocycles. The van der Waals surface area contributed by atoms with Gasteiger partial charge in [-0.1, -0.05) is 6.07 Å². The Morgan fingerprint density at radius 2 is 2.00 bits per heavy atom. The van der Waals surface area contributed by atoms with Crippen molar-refractivity contribution in [2.45, 2.75) is 24.7 Å². The van der Waals surface area contributed by atoms with Crippen LogP contribution in [0, 0.1) is 17.6 Å². The van der Waals surface area contributed by atoms with Crippen LogP contribution >= 0.6 is 0 Å². The molecule has 1 aromatic rings. The predicted molar refractivity (Wildman–Crippen MR) is 74.5 cm³/mol. The Balaban J connectivity index is 2.28. The molecule has 0 spiro atoms. The van der Waals surface area contributed by atoms with E-state index in [1.54, 1.807) is 6.92 Å². The van der Waals surface area contributed by atoms with Crippen LogP contribution in [0.5, 0.6) is 0 Å². The minimum Gasteiger partial charge on any atom is -0.466 e. The average Bonchev–Trinajstić information content (AvgIpc) is 2.47. The molecule has 1 aromatic carbocycles. The van der Waals surface area contributed by atoms with Gasteiger partial charge in [-0.3, -0.25) is 4.79 Å². The van der Waals surface area contributed by atoms with Crippen LogP contribution in [0.4, 0.5) is 8.78 Å². The molecule has 0 amide bonds. The maximum Gasteiger partial charge on any atom is 0.310 e. The molecule has 22 heavy (non-hydrogen) atoms. The quantitative estimate of drug-likeness (QED) is 0.790. The second-order valence-electron chi connectivity index (χ2n) is 5.01. The first-order chi connectivity index (χ1) is 10.4. The Morgan fingerprint density at radius 1 is 1.36 bits per heavy atom. The molecule has 0 bridgehead atoms. The van der Waals surface area contributed by atoms with Gasteiger partial charge in [0, 0.05) is 13.1 Å². The van der Waals surface area contributed by atoms with Gasteiger partial charge in [-0.05, 0) is 31.9 Å². The SMILES string of the molecule is CCOC(=O)[C@H]1CCCN(S(=O)(=O)c2c(F)cccc2F)C1. The number of rotatable bonds is 4. The smallest absolute Gasteiger partial charge is 0.310 e. The summed E-state index contributed by atoms with van der Waals surface area (Å²) in [5.74, 6) is -3.38. The summed E-state index contributed by atoms with van der Waals surface area (Å²) in [4.78, 5) is 10.8. The van der Waals surface area contributed by atoms with Crippen molar-refractivity contribution in [3.05, 3.63) is 29.8 Å². The zero-order valence-electron chi connectivity index (χ0n) is 12.1. The molecule has 0 aromatic heterocycles. The van der Waals surface area contributed by atoms with E-state index in [1.807, 2.05) is 0 Å². The monoisotopic (exact) mass is 333 g/mol. The number of ether oxygens (including phenoxy) is 1. The van der Waals surface area contributed by atoms with E-state index in [2.05, 4.69) is 0 Å². The molecule has 0 saturated carbocycles. The van der Waals surface area contributed by atoms with Crippen LogP contribution in [0.1, 0.15) is 19.8 Å². The van der Waals surface area contributed by atoms with Crippen molar-refractivity contribution in [1.29, 1.82) is 0 Å². The van der Waals surface area contributed by atoms with Crippen molar-refractivity contribution in [2.75, 3.05) is 19.7 Å². The number of nitrogens with zero attached hydrogens (tertiary/aromatic N) is 1. The zero-order chi connectivity index (χ0) is 16.3. The third kappa shape index (κ3) is 3.27. The molecular weight excluding hydrogens is 316 g/mol. The summed E-state index contributed by atoms with van der Waals surface area (Å²) in [6, 6.07) is 2.88. The third-order valence-electron chi connectivity index (χ3n) is 3.52. The van der Waals surface area contributed by atoms with Gasteiger partial charge in [0.25, 0.3) is 0 Å². The van der Waals surface area contributed by atoms with E-state index in [1.165, 1.54) is 0 Å². The first-order valence-electron chi connectivity index (χ1n) is 6.98. The Labute approximate surface area is 127 Å². The average molecular weight is 333 g/mol. The second-order valence-corrected chi connectivity index (χ2v) is 6.88. The number of carbonyl (C=O) groups is 1. The zero-order valence-corrected chi connectivity index (χ0v) is 12.9. The van der Waals surface area contributed by atoms with Crippen LogP contribution in [0.25, 0.3) is 0 Å². The minimum atomic E-state index is -4.33. The van der Waals surface area contributed by atoms with Crippen LogP contribution in [0.15, 0.2) is 23.1 Å². The van der Waals surface area contributed by atoms with Crippen LogP contribution in [-0.4, -0.2) is 38.4 Å². The van der Waals surface area contributed by atoms with Crippen molar-refractivity contribution < 1.29 is 26.7 Å². The number of hydrogen-bond donors (Lipinski definition) is 0. The van der Waals surface area contributed by atoms with E-state index >= 15 is 0 Å². The third-order valence-corrected chi connectivity index (χ3v) is 5.44. The van der Waals surface area contributed by atoms with E-state index in [9.17, 15) is 22.0 Å². The largest absolute Gasteiger partial charge is 0.466 e. The number of sulfonamides is 1. The molecule has 1 saturated heterocycles. The summed E-state index contributed by atoms with van der Waals surface area (Å²) in [5, 5.41) is 0. The highest BCUT2D eigenvalue weighted by molar-refractivity contribution is 7.89. The molecule has 1 fully saturated rings. The van der Waals surface area contributed by atoms with E-state index < -0.39 is 38.4 Å². The van der Waals surface area contributed by atoms with Gasteiger partial charge in [-0.2, -0.15) is 4.31 Å². The van der Waals surface area contributed by atoms with Crippen molar-refractivity contribution >= 4 is 16.0 Å². The molecule has 0 unspecified atom stereocenters. The van der Waals surface area contributed by atoms with Gasteiger partial charge in [0.05, 0.1) is 12.5 Å². The van der Waals surface area contributed by atoms with E-state index in [0.717, 1.165) is 22.5 Å². The van der Waals surface area contributed by atoms with Gasteiger partial charge in [0.1, 0.15) is 11.6 Å². The molecule has 1 heterocycles. The summed E-state index contributed by atoms with van der Waals surface area (Å²) >= 11 is 0. The Kier molecular flexibility index (Phi) is 5.12. The minimum absolute atomic E-state index is 0.117. The Morgan fingerprint density at radius 3 is 2.59 bits per heavy atom. The fourth-order valence-electron chi connectivity index (χ4n) is 2.47. The highest BCUT2D eigenvalue weighted by atomic mass is 32.2. The van der Waals surface area contributed by atoms with Gasteiger partial charge < -0.3 is 4.74 Å². The Bertz CT molecular complexity index is 643. The normalized spacial score (nSPS) is 19.9. The van der Waals surface area contributed by atoms with Gasteiger partial charge >= 0.3 is 5.97 Å². The number of esters is 1. The van der Waals surface area contributed by atoms with Crippen LogP contribution in [0.3, 0.4) is 0 Å². The lowest BCUT2D eigenvalue weighted by molar-refractivity contribution is -0.149. The van der Waals surface area contributed by atoms with Crippen molar-refractivity contribution in [1.82, 2.24) is 4.31 Å². The molecular formula is C14H17F2NO4S. The summed E-state index contributed by atoms with van der Waals surface area (Å²) in [6.07, 6.45) is 0.920. The first-order valence-corrected chi connectivity index (χ1v) is 8.42. The maximum atomic E-state index is 13.7. The van der Waals surface area contributed by atoms with E-state index in [0.29, 0.717) is 12.8 Å². The van der Waals surface area contributed by atoms with Crippen LogP contribution < -0.4 is 0 Å². The first kappa shape index (κ1) is 16.8. The molecule has 1 atom stereocenters. The van der Waals surface area contributed by atoms with Crippen molar-refractivity contribution in [3.8, 4) is 0 Å².